The number of rotatable bonds is 6. The Morgan fingerprint density at radius 2 is 1.88 bits per heavy atom. The predicted octanol–water partition coefficient (Wildman–Crippen LogP) is 2.15. The van der Waals surface area contributed by atoms with Gasteiger partial charge in [-0.2, -0.15) is 0 Å². The molecule has 0 saturated heterocycles. The van der Waals surface area contributed by atoms with Gasteiger partial charge in [0.1, 0.15) is 11.5 Å². The number of para-hydroxylation sites is 1. The van der Waals surface area contributed by atoms with Crippen LogP contribution in [0.2, 0.25) is 0 Å². The van der Waals surface area contributed by atoms with E-state index in [2.05, 4.69) is 0 Å². The number of hydrogen-bond donors (Lipinski definition) is 0. The van der Waals surface area contributed by atoms with Gasteiger partial charge in [0.15, 0.2) is 5.76 Å². The molecule has 0 N–H and O–H groups in total. The highest BCUT2D eigenvalue weighted by Gasteiger charge is 2.46. The zero-order valence-electron chi connectivity index (χ0n) is 15.0. The molecule has 1 aromatic carbocycles. The average molecular weight is 355 g/mol. The second-order valence-electron chi connectivity index (χ2n) is 6.62. The van der Waals surface area contributed by atoms with Crippen molar-refractivity contribution in [3.8, 4) is 5.75 Å². The number of methoxy groups -OCH3 is 1. The van der Waals surface area contributed by atoms with Crippen molar-refractivity contribution in [2.24, 2.45) is 5.92 Å². The van der Waals surface area contributed by atoms with Crippen molar-refractivity contribution >= 4 is 17.3 Å². The molecule has 3 rings (SSSR count). The molecule has 6 heteroatoms. The Hall–Kier alpha value is -2.73. The normalized spacial score (nSPS) is 20.0. The molecule has 136 valence electrons. The SMILES string of the molecule is COc1ccccc1Cc1ccc(C(=O)C2CC(N(C)C)C(=O)C2=O)o1. The molecule has 1 fully saturated rings. The van der Waals surface area contributed by atoms with Gasteiger partial charge in [-0.05, 0) is 38.7 Å². The highest BCUT2D eigenvalue weighted by atomic mass is 16.5. The number of nitrogens with zero attached hydrogens (tertiary/aromatic N) is 1. The fourth-order valence-electron chi connectivity index (χ4n) is 3.26. The van der Waals surface area contributed by atoms with Crippen LogP contribution >= 0.6 is 0 Å². The molecule has 1 saturated carbocycles. The summed E-state index contributed by atoms with van der Waals surface area (Å²) in [6.45, 7) is 0. The first-order chi connectivity index (χ1) is 12.4. The topological polar surface area (TPSA) is 76.8 Å². The van der Waals surface area contributed by atoms with Crippen LogP contribution in [0.25, 0.3) is 0 Å². The molecule has 26 heavy (non-hydrogen) atoms. The van der Waals surface area contributed by atoms with Crippen LogP contribution in [-0.2, 0) is 16.0 Å². The predicted molar refractivity (Wildman–Crippen MR) is 94.4 cm³/mol. The number of ether oxygens (including phenoxy) is 1. The van der Waals surface area contributed by atoms with Crippen LogP contribution in [-0.4, -0.2) is 49.5 Å². The summed E-state index contributed by atoms with van der Waals surface area (Å²) in [6.07, 6.45) is 0.668. The van der Waals surface area contributed by atoms with E-state index in [1.807, 2.05) is 24.3 Å². The second-order valence-corrected chi connectivity index (χ2v) is 6.62. The van der Waals surface area contributed by atoms with Crippen molar-refractivity contribution in [1.82, 2.24) is 4.90 Å². The van der Waals surface area contributed by atoms with Gasteiger partial charge in [-0.1, -0.05) is 18.2 Å². The van der Waals surface area contributed by atoms with Gasteiger partial charge in [-0.25, -0.2) is 0 Å². The standard InChI is InChI=1S/C20H21NO5/c1-21(2)15-11-14(19(23)20(15)24)18(22)17-9-8-13(26-17)10-12-6-4-5-7-16(12)25-3/h4-9,14-15H,10-11H2,1-3H3. The molecule has 0 spiro atoms. The number of ketones is 3. The number of carbonyl (C=O) groups is 3. The number of hydrogen-bond acceptors (Lipinski definition) is 6. The van der Waals surface area contributed by atoms with E-state index in [-0.39, 0.29) is 12.2 Å². The van der Waals surface area contributed by atoms with Gasteiger partial charge in [0.25, 0.3) is 0 Å². The summed E-state index contributed by atoms with van der Waals surface area (Å²) in [7, 11) is 5.04. The highest BCUT2D eigenvalue weighted by Crippen LogP contribution is 2.28. The third kappa shape index (κ3) is 3.32. The Labute approximate surface area is 151 Å². The second kappa shape index (κ2) is 7.25. The number of Topliss-reactive ketones (excluding diaryl/α,β-unsaturated/α-hetero) is 3. The molecule has 2 aromatic rings. The largest absolute Gasteiger partial charge is 0.496 e. The van der Waals surface area contributed by atoms with Crippen LogP contribution in [0, 0.1) is 5.92 Å². The fourth-order valence-corrected chi connectivity index (χ4v) is 3.26. The van der Waals surface area contributed by atoms with Crippen LogP contribution in [0.15, 0.2) is 40.8 Å². The Morgan fingerprint density at radius 3 is 2.54 bits per heavy atom. The van der Waals surface area contributed by atoms with Crippen LogP contribution in [0.3, 0.4) is 0 Å². The van der Waals surface area contributed by atoms with Crippen molar-refractivity contribution in [2.75, 3.05) is 21.2 Å². The van der Waals surface area contributed by atoms with Gasteiger partial charge in [0.05, 0.1) is 19.1 Å². The highest BCUT2D eigenvalue weighted by molar-refractivity contribution is 6.46. The molecular weight excluding hydrogens is 334 g/mol. The van der Waals surface area contributed by atoms with Crippen molar-refractivity contribution in [3.05, 3.63) is 53.5 Å². The minimum Gasteiger partial charge on any atom is -0.496 e. The van der Waals surface area contributed by atoms with E-state index in [1.165, 1.54) is 0 Å². The van der Waals surface area contributed by atoms with Gasteiger partial charge in [0.2, 0.25) is 17.3 Å². The fraction of sp³-hybridized carbons (Fsp3) is 0.350. The molecule has 1 aliphatic carbocycles. The number of benzene rings is 1. The first-order valence-corrected chi connectivity index (χ1v) is 8.41. The molecule has 0 aliphatic heterocycles. The molecule has 1 aromatic heterocycles. The van der Waals surface area contributed by atoms with E-state index in [0.29, 0.717) is 12.2 Å². The summed E-state index contributed by atoms with van der Waals surface area (Å²) in [5.41, 5.74) is 0.933. The Morgan fingerprint density at radius 1 is 1.15 bits per heavy atom. The quantitative estimate of drug-likeness (QED) is 0.449. The molecular formula is C20H21NO5. The third-order valence-corrected chi connectivity index (χ3v) is 4.72. The van der Waals surface area contributed by atoms with E-state index in [9.17, 15) is 14.4 Å². The summed E-state index contributed by atoms with van der Waals surface area (Å²) >= 11 is 0. The van der Waals surface area contributed by atoms with Gasteiger partial charge >= 0.3 is 0 Å². The number of likely N-dealkylation sites (N-methyl/N-ethyl adjacent to an activating group) is 1. The van der Waals surface area contributed by atoms with Crippen LogP contribution < -0.4 is 4.74 Å². The molecule has 0 radical (unpaired) electrons. The van der Waals surface area contributed by atoms with Crippen LogP contribution in [0.1, 0.15) is 28.3 Å². The van der Waals surface area contributed by atoms with Crippen molar-refractivity contribution in [3.63, 3.8) is 0 Å². The van der Waals surface area contributed by atoms with Gasteiger partial charge in [0, 0.05) is 12.0 Å². The smallest absolute Gasteiger partial charge is 0.216 e. The van der Waals surface area contributed by atoms with E-state index >= 15 is 0 Å². The van der Waals surface area contributed by atoms with Gasteiger partial charge in [-0.15, -0.1) is 0 Å². The molecule has 6 nitrogen and oxygen atoms in total. The van der Waals surface area contributed by atoms with E-state index in [0.717, 1.165) is 11.3 Å². The Balaban J connectivity index is 1.76. The van der Waals surface area contributed by atoms with Crippen LogP contribution in [0.5, 0.6) is 5.75 Å². The summed E-state index contributed by atoms with van der Waals surface area (Å²) in [5, 5.41) is 0. The molecule has 0 amide bonds. The first-order valence-electron chi connectivity index (χ1n) is 8.41. The molecule has 1 aliphatic rings. The third-order valence-electron chi connectivity index (χ3n) is 4.72. The van der Waals surface area contributed by atoms with E-state index < -0.39 is 29.3 Å². The summed E-state index contributed by atoms with van der Waals surface area (Å²) in [5.74, 6) is -1.08. The zero-order chi connectivity index (χ0) is 18.8. The lowest BCUT2D eigenvalue weighted by Gasteiger charge is -2.15. The molecule has 2 unspecified atom stereocenters. The Kier molecular flexibility index (Phi) is 5.04. The maximum Gasteiger partial charge on any atom is 0.216 e. The minimum absolute atomic E-state index is 0.112. The lowest BCUT2D eigenvalue weighted by Crippen LogP contribution is -2.33. The maximum absolute atomic E-state index is 12.6. The van der Waals surface area contributed by atoms with Gasteiger partial charge in [-0.3, -0.25) is 19.3 Å². The molecule has 1 heterocycles. The molecule has 0 bridgehead atoms. The van der Waals surface area contributed by atoms with Crippen molar-refractivity contribution in [2.45, 2.75) is 18.9 Å². The zero-order valence-corrected chi connectivity index (χ0v) is 15.0. The minimum atomic E-state index is -0.958. The monoisotopic (exact) mass is 355 g/mol. The van der Waals surface area contributed by atoms with E-state index in [4.69, 9.17) is 9.15 Å². The van der Waals surface area contributed by atoms with Crippen LogP contribution in [0.4, 0.5) is 0 Å². The van der Waals surface area contributed by atoms with Crippen molar-refractivity contribution < 1.29 is 23.5 Å². The summed E-state index contributed by atoms with van der Waals surface area (Å²) in [6, 6.07) is 10.3. The van der Waals surface area contributed by atoms with Gasteiger partial charge < -0.3 is 9.15 Å². The lowest BCUT2D eigenvalue weighted by atomic mass is 9.99. The number of carbonyl (C=O) groups excluding carboxylic acids is 3. The number of furan rings is 1. The lowest BCUT2D eigenvalue weighted by molar-refractivity contribution is -0.136. The maximum atomic E-state index is 12.6. The summed E-state index contributed by atoms with van der Waals surface area (Å²) < 4.78 is 11.0. The first kappa shape index (κ1) is 18.1. The Bertz CT molecular complexity index is 851. The van der Waals surface area contributed by atoms with E-state index in [1.54, 1.807) is 38.2 Å². The molecule has 2 atom stereocenters. The van der Waals surface area contributed by atoms with Crippen molar-refractivity contribution in [1.29, 1.82) is 0 Å². The summed E-state index contributed by atoms with van der Waals surface area (Å²) in [4.78, 5) is 38.5. The average Bonchev–Trinajstić information content (AvgIpc) is 3.20.